The van der Waals surface area contributed by atoms with Crippen LogP contribution in [0.1, 0.15) is 11.1 Å². The summed E-state index contributed by atoms with van der Waals surface area (Å²) in [5.74, 6) is 0.998. The fourth-order valence-corrected chi connectivity index (χ4v) is 3.71. The second-order valence-electron chi connectivity index (χ2n) is 5.83. The molecule has 0 fully saturated rings. The maximum Gasteiger partial charge on any atom is 0.233 e. The maximum absolute atomic E-state index is 12.9. The number of hydrogen-bond donors (Lipinski definition) is 0. The molecule has 112 valence electrons. The lowest BCUT2D eigenvalue weighted by molar-refractivity contribution is -0.123. The van der Waals surface area contributed by atoms with Crippen molar-refractivity contribution in [2.24, 2.45) is 5.92 Å². The van der Waals surface area contributed by atoms with E-state index in [9.17, 15) is 4.79 Å². The quantitative estimate of drug-likeness (QED) is 0.780. The van der Waals surface area contributed by atoms with Crippen LogP contribution in [0.15, 0.2) is 46.9 Å². The smallest absolute Gasteiger partial charge is 0.233 e. The SMILES string of the molecule is O=C(C1COc2ccccc2C1)N1CCc2cc(Br)ccc21. The van der Waals surface area contributed by atoms with Crippen molar-refractivity contribution in [1.29, 1.82) is 0 Å². The van der Waals surface area contributed by atoms with E-state index in [1.807, 2.05) is 41.3 Å². The summed E-state index contributed by atoms with van der Waals surface area (Å²) in [5.41, 5.74) is 3.41. The minimum atomic E-state index is -0.0931. The highest BCUT2D eigenvalue weighted by Gasteiger charge is 2.33. The zero-order chi connectivity index (χ0) is 15.1. The van der Waals surface area contributed by atoms with Gasteiger partial charge in [0.05, 0.1) is 5.92 Å². The number of amides is 1. The standard InChI is InChI=1S/C18H16BrNO2/c19-15-5-6-16-12(10-15)7-8-20(16)18(21)14-9-13-3-1-2-4-17(13)22-11-14/h1-6,10,14H,7-9,11H2. The fraction of sp³-hybridized carbons (Fsp3) is 0.278. The van der Waals surface area contributed by atoms with Crippen LogP contribution in [0, 0.1) is 5.92 Å². The van der Waals surface area contributed by atoms with Crippen LogP contribution in [-0.2, 0) is 17.6 Å². The van der Waals surface area contributed by atoms with Crippen LogP contribution < -0.4 is 9.64 Å². The molecule has 22 heavy (non-hydrogen) atoms. The average molecular weight is 358 g/mol. The highest BCUT2D eigenvalue weighted by molar-refractivity contribution is 9.10. The van der Waals surface area contributed by atoms with Gasteiger partial charge in [0.2, 0.25) is 5.91 Å². The largest absolute Gasteiger partial charge is 0.492 e. The number of nitrogens with zero attached hydrogens (tertiary/aromatic N) is 1. The van der Waals surface area contributed by atoms with E-state index in [4.69, 9.17) is 4.74 Å². The maximum atomic E-state index is 12.9. The lowest BCUT2D eigenvalue weighted by Gasteiger charge is -2.28. The van der Waals surface area contributed by atoms with E-state index in [0.717, 1.165) is 40.9 Å². The summed E-state index contributed by atoms with van der Waals surface area (Å²) in [6.07, 6.45) is 1.68. The summed E-state index contributed by atoms with van der Waals surface area (Å²) in [6.45, 7) is 1.24. The third-order valence-corrected chi connectivity index (χ3v) is 4.92. The van der Waals surface area contributed by atoms with Gasteiger partial charge in [0.25, 0.3) is 0 Å². The number of carbonyl (C=O) groups excluding carboxylic acids is 1. The lowest BCUT2D eigenvalue weighted by atomic mass is 9.95. The van der Waals surface area contributed by atoms with Crippen molar-refractivity contribution in [2.45, 2.75) is 12.8 Å². The molecule has 0 bridgehead atoms. The highest BCUT2D eigenvalue weighted by atomic mass is 79.9. The Morgan fingerprint density at radius 3 is 2.95 bits per heavy atom. The Morgan fingerprint density at radius 2 is 2.05 bits per heavy atom. The molecule has 2 aromatic rings. The highest BCUT2D eigenvalue weighted by Crippen LogP contribution is 2.34. The van der Waals surface area contributed by atoms with Crippen molar-refractivity contribution >= 4 is 27.5 Å². The summed E-state index contributed by atoms with van der Waals surface area (Å²) < 4.78 is 6.83. The Kier molecular flexibility index (Phi) is 3.41. The summed E-state index contributed by atoms with van der Waals surface area (Å²) >= 11 is 3.49. The molecule has 4 rings (SSSR count). The Labute approximate surface area is 138 Å². The minimum absolute atomic E-state index is 0.0931. The Bertz CT molecular complexity index is 744. The number of halogens is 1. The first-order chi connectivity index (χ1) is 10.7. The van der Waals surface area contributed by atoms with Gasteiger partial charge >= 0.3 is 0 Å². The van der Waals surface area contributed by atoms with E-state index < -0.39 is 0 Å². The third kappa shape index (κ3) is 2.31. The normalized spacial score (nSPS) is 19.3. The molecule has 0 aromatic heterocycles. The predicted molar refractivity (Wildman–Crippen MR) is 89.3 cm³/mol. The fourth-order valence-electron chi connectivity index (χ4n) is 3.31. The summed E-state index contributed by atoms with van der Waals surface area (Å²) in [7, 11) is 0. The van der Waals surface area contributed by atoms with Gasteiger partial charge in [-0.1, -0.05) is 34.1 Å². The average Bonchev–Trinajstić information content (AvgIpc) is 2.96. The number of hydrogen-bond acceptors (Lipinski definition) is 2. The topological polar surface area (TPSA) is 29.5 Å². The molecule has 0 aliphatic carbocycles. The van der Waals surface area contributed by atoms with E-state index in [1.54, 1.807) is 0 Å². The van der Waals surface area contributed by atoms with E-state index in [0.29, 0.717) is 6.61 Å². The molecular formula is C18H16BrNO2. The molecule has 0 saturated carbocycles. The minimum Gasteiger partial charge on any atom is -0.492 e. The first kappa shape index (κ1) is 13.8. The van der Waals surface area contributed by atoms with Crippen LogP contribution >= 0.6 is 15.9 Å². The molecule has 3 nitrogen and oxygen atoms in total. The molecule has 1 unspecified atom stereocenters. The van der Waals surface area contributed by atoms with Crippen LogP contribution in [-0.4, -0.2) is 19.1 Å². The number of anilines is 1. The zero-order valence-electron chi connectivity index (χ0n) is 12.1. The molecule has 0 saturated heterocycles. The van der Waals surface area contributed by atoms with E-state index in [2.05, 4.69) is 22.0 Å². The van der Waals surface area contributed by atoms with Crippen molar-refractivity contribution in [3.8, 4) is 5.75 Å². The monoisotopic (exact) mass is 357 g/mol. The first-order valence-electron chi connectivity index (χ1n) is 7.53. The molecule has 1 amide bonds. The van der Waals surface area contributed by atoms with Crippen molar-refractivity contribution in [3.63, 3.8) is 0 Å². The van der Waals surface area contributed by atoms with Crippen molar-refractivity contribution < 1.29 is 9.53 Å². The van der Waals surface area contributed by atoms with Gasteiger partial charge < -0.3 is 9.64 Å². The molecule has 0 radical (unpaired) electrons. The van der Waals surface area contributed by atoms with Gasteiger partial charge in [-0.2, -0.15) is 0 Å². The van der Waals surface area contributed by atoms with Gasteiger partial charge in [0.1, 0.15) is 12.4 Å². The van der Waals surface area contributed by atoms with Crippen LogP contribution in [0.25, 0.3) is 0 Å². The molecule has 1 atom stereocenters. The third-order valence-electron chi connectivity index (χ3n) is 4.43. The van der Waals surface area contributed by atoms with Gasteiger partial charge in [0.15, 0.2) is 0 Å². The second kappa shape index (κ2) is 5.43. The molecule has 2 aliphatic rings. The van der Waals surface area contributed by atoms with Gasteiger partial charge in [-0.05, 0) is 48.2 Å². The Hall–Kier alpha value is -1.81. The van der Waals surface area contributed by atoms with Gasteiger partial charge in [0, 0.05) is 16.7 Å². The molecule has 0 spiro atoms. The van der Waals surface area contributed by atoms with Gasteiger partial charge in [-0.3, -0.25) is 4.79 Å². The number of rotatable bonds is 1. The summed E-state index contributed by atoms with van der Waals surface area (Å²) in [5, 5.41) is 0. The van der Waals surface area contributed by atoms with Crippen LogP contribution in [0.4, 0.5) is 5.69 Å². The van der Waals surface area contributed by atoms with E-state index >= 15 is 0 Å². The van der Waals surface area contributed by atoms with Crippen molar-refractivity contribution in [3.05, 3.63) is 58.1 Å². The van der Waals surface area contributed by atoms with Crippen LogP contribution in [0.5, 0.6) is 5.75 Å². The summed E-state index contributed by atoms with van der Waals surface area (Å²) in [6, 6.07) is 14.1. The Morgan fingerprint density at radius 1 is 1.18 bits per heavy atom. The Balaban J connectivity index is 1.57. The zero-order valence-corrected chi connectivity index (χ0v) is 13.7. The van der Waals surface area contributed by atoms with E-state index in [-0.39, 0.29) is 11.8 Å². The van der Waals surface area contributed by atoms with Gasteiger partial charge in [-0.15, -0.1) is 0 Å². The van der Waals surface area contributed by atoms with Crippen LogP contribution in [0.3, 0.4) is 0 Å². The molecule has 0 N–H and O–H groups in total. The molecule has 2 aromatic carbocycles. The molecule has 4 heteroatoms. The van der Waals surface area contributed by atoms with Crippen LogP contribution in [0.2, 0.25) is 0 Å². The summed E-state index contributed by atoms with van der Waals surface area (Å²) in [4.78, 5) is 14.8. The second-order valence-corrected chi connectivity index (χ2v) is 6.75. The van der Waals surface area contributed by atoms with E-state index in [1.165, 1.54) is 5.56 Å². The van der Waals surface area contributed by atoms with Gasteiger partial charge in [-0.25, -0.2) is 0 Å². The van der Waals surface area contributed by atoms with Crippen molar-refractivity contribution in [2.75, 3.05) is 18.1 Å². The number of carbonyl (C=O) groups is 1. The molecule has 2 aliphatic heterocycles. The number of fused-ring (bicyclic) bond motifs is 2. The van der Waals surface area contributed by atoms with Crippen molar-refractivity contribution in [1.82, 2.24) is 0 Å². The predicted octanol–water partition coefficient (Wildman–Crippen LogP) is 3.59. The number of para-hydroxylation sites is 1. The first-order valence-corrected chi connectivity index (χ1v) is 8.32. The number of benzene rings is 2. The number of ether oxygens (including phenoxy) is 1. The molecular weight excluding hydrogens is 342 g/mol. The lowest BCUT2D eigenvalue weighted by Crippen LogP contribution is -2.40. The molecule has 2 heterocycles.